The Kier molecular flexibility index (Phi) is 7.10. The van der Waals surface area contributed by atoms with Gasteiger partial charge in [0.2, 0.25) is 0 Å². The van der Waals surface area contributed by atoms with Crippen molar-refractivity contribution in [2.24, 2.45) is 5.41 Å². The minimum absolute atomic E-state index is 0.0791. The van der Waals surface area contributed by atoms with Gasteiger partial charge in [0.25, 0.3) is 0 Å². The number of anilines is 2. The molecule has 4 aromatic rings. The van der Waals surface area contributed by atoms with E-state index < -0.39 is 17.2 Å². The van der Waals surface area contributed by atoms with Crippen LogP contribution >= 0.6 is 11.6 Å². The lowest BCUT2D eigenvalue weighted by Gasteiger charge is -2.32. The van der Waals surface area contributed by atoms with Crippen LogP contribution in [0.2, 0.25) is 5.02 Å². The third-order valence-electron chi connectivity index (χ3n) is 7.51. The first kappa shape index (κ1) is 29.2. The highest BCUT2D eigenvalue weighted by Gasteiger charge is 2.66. The molecule has 2 heterocycles. The van der Waals surface area contributed by atoms with Gasteiger partial charge in [0.1, 0.15) is 25.7 Å². The molecule has 1 fully saturated rings. The van der Waals surface area contributed by atoms with E-state index in [1.165, 1.54) is 12.4 Å². The summed E-state index contributed by atoms with van der Waals surface area (Å²) in [6.45, 7) is 6.70. The fourth-order valence-corrected chi connectivity index (χ4v) is 5.30. The van der Waals surface area contributed by atoms with Crippen molar-refractivity contribution < 1.29 is 13.2 Å². The number of nitriles is 2. The van der Waals surface area contributed by atoms with Crippen LogP contribution in [0.3, 0.4) is 0 Å². The molecule has 0 aliphatic heterocycles. The molecule has 0 radical (unpaired) electrons. The number of nitrogens with zero attached hydrogens (tertiary/aromatic N) is 6. The van der Waals surface area contributed by atoms with E-state index in [9.17, 15) is 23.7 Å². The predicted octanol–water partition coefficient (Wildman–Crippen LogP) is 5.68. The van der Waals surface area contributed by atoms with Crippen LogP contribution in [-0.2, 0) is 11.0 Å². The Hall–Kier alpha value is -4.29. The van der Waals surface area contributed by atoms with Crippen molar-refractivity contribution in [3.05, 3.63) is 76.2 Å². The van der Waals surface area contributed by atoms with Crippen molar-refractivity contribution >= 4 is 41.7 Å². The Balaban J connectivity index is 1.67. The summed E-state index contributed by atoms with van der Waals surface area (Å²) in [5.74, 6) is 0. The van der Waals surface area contributed by atoms with E-state index in [1.807, 2.05) is 0 Å². The van der Waals surface area contributed by atoms with Gasteiger partial charge in [-0.05, 0) is 42.0 Å². The Morgan fingerprint density at radius 2 is 1.79 bits per heavy atom. The van der Waals surface area contributed by atoms with Crippen molar-refractivity contribution in [3.8, 4) is 12.1 Å². The van der Waals surface area contributed by atoms with Crippen molar-refractivity contribution in [2.45, 2.75) is 50.8 Å². The Morgan fingerprint density at radius 1 is 1.10 bits per heavy atom. The molecule has 1 aliphatic carbocycles. The van der Waals surface area contributed by atoms with Crippen LogP contribution in [-0.4, -0.2) is 40.5 Å². The van der Waals surface area contributed by atoms with Gasteiger partial charge in [0.05, 0.1) is 34.0 Å². The summed E-state index contributed by atoms with van der Waals surface area (Å²) in [6.07, 6.45) is -1.90. The molecule has 1 aliphatic rings. The number of halogens is 4. The average Bonchev–Trinajstić information content (AvgIpc) is 3.60. The molecule has 214 valence electrons. The zero-order valence-electron chi connectivity index (χ0n) is 23.4. The predicted molar refractivity (Wildman–Crippen MR) is 157 cm³/mol. The van der Waals surface area contributed by atoms with E-state index in [1.54, 1.807) is 44.2 Å². The standard InChI is InChI=1S/C29H27BClF3N8/c1-26(2,3)16-38-25-18(13-36)14-37-24-17(12-35)10-19(11-20(24)25)39-28(30,21-6-4-5-7-22(21)31)23-15-42(41-40-23)27(8-9-27)29(32,33)34/h4-7,10-11,14-15,39H,8-9,16,30H2,1-3H3,(H,37,38). The number of alkyl halides is 3. The molecule has 1 saturated carbocycles. The minimum Gasteiger partial charge on any atom is -0.383 e. The zero-order chi connectivity index (χ0) is 30.5. The topological polar surface area (TPSA) is 115 Å². The summed E-state index contributed by atoms with van der Waals surface area (Å²) >= 11 is 6.63. The molecule has 2 N–H and O–H groups in total. The van der Waals surface area contributed by atoms with Crippen molar-refractivity contribution in [1.82, 2.24) is 20.0 Å². The molecule has 8 nitrogen and oxygen atoms in total. The third-order valence-corrected chi connectivity index (χ3v) is 7.84. The summed E-state index contributed by atoms with van der Waals surface area (Å²) in [6, 6.07) is 14.6. The largest absolute Gasteiger partial charge is 0.413 e. The van der Waals surface area contributed by atoms with Gasteiger partial charge in [0, 0.05) is 28.8 Å². The Labute approximate surface area is 246 Å². The Morgan fingerprint density at radius 3 is 2.38 bits per heavy atom. The van der Waals surface area contributed by atoms with E-state index in [2.05, 4.69) is 58.8 Å². The van der Waals surface area contributed by atoms with Crippen LogP contribution < -0.4 is 10.6 Å². The van der Waals surface area contributed by atoms with E-state index in [0.29, 0.717) is 45.0 Å². The molecule has 13 heteroatoms. The fraction of sp³-hybridized carbons (Fsp3) is 0.345. The van der Waals surface area contributed by atoms with Gasteiger partial charge in [-0.1, -0.05) is 55.8 Å². The highest BCUT2D eigenvalue weighted by molar-refractivity contribution is 6.33. The van der Waals surface area contributed by atoms with Crippen molar-refractivity contribution in [2.75, 3.05) is 17.2 Å². The van der Waals surface area contributed by atoms with Gasteiger partial charge < -0.3 is 10.6 Å². The Bertz CT molecular complexity index is 1760. The van der Waals surface area contributed by atoms with E-state index in [-0.39, 0.29) is 29.5 Å². The quantitative estimate of drug-likeness (QED) is 0.266. The third kappa shape index (κ3) is 5.12. The van der Waals surface area contributed by atoms with E-state index in [0.717, 1.165) is 4.68 Å². The highest BCUT2D eigenvalue weighted by Crippen LogP contribution is 2.55. The smallest absolute Gasteiger partial charge is 0.383 e. The summed E-state index contributed by atoms with van der Waals surface area (Å²) in [7, 11) is 1.74. The molecule has 1 atom stereocenters. The second-order valence-electron chi connectivity index (χ2n) is 11.9. The number of fused-ring (bicyclic) bond motifs is 1. The highest BCUT2D eigenvalue weighted by atomic mass is 35.5. The maximum atomic E-state index is 13.9. The molecule has 0 bridgehead atoms. The van der Waals surface area contributed by atoms with Crippen LogP contribution in [0.25, 0.3) is 10.9 Å². The number of hydrogen-bond acceptors (Lipinski definition) is 7. The monoisotopic (exact) mass is 590 g/mol. The first-order valence-electron chi connectivity index (χ1n) is 13.3. The number of pyridine rings is 1. The number of hydrogen-bond donors (Lipinski definition) is 2. The lowest BCUT2D eigenvalue weighted by atomic mass is 9.69. The number of aromatic nitrogens is 4. The molecular formula is C29H27BClF3N8. The van der Waals surface area contributed by atoms with Gasteiger partial charge in [-0.3, -0.25) is 4.98 Å². The van der Waals surface area contributed by atoms with Gasteiger partial charge in [-0.15, -0.1) is 5.10 Å². The maximum Gasteiger partial charge on any atom is 0.413 e. The summed E-state index contributed by atoms with van der Waals surface area (Å²) in [5.41, 5.74) is -0.758. The molecule has 0 amide bonds. The van der Waals surface area contributed by atoms with Crippen molar-refractivity contribution in [1.29, 1.82) is 10.5 Å². The molecule has 2 aromatic carbocycles. The fourth-order valence-electron chi connectivity index (χ4n) is 4.98. The van der Waals surface area contributed by atoms with Gasteiger partial charge >= 0.3 is 6.18 Å². The normalized spacial score (nSPS) is 15.8. The summed E-state index contributed by atoms with van der Waals surface area (Å²) < 4.78 is 42.6. The molecule has 42 heavy (non-hydrogen) atoms. The minimum atomic E-state index is -4.48. The summed E-state index contributed by atoms with van der Waals surface area (Å²) in [4.78, 5) is 4.39. The second kappa shape index (κ2) is 10.2. The van der Waals surface area contributed by atoms with E-state index in [4.69, 9.17) is 11.6 Å². The van der Waals surface area contributed by atoms with Gasteiger partial charge in [0.15, 0.2) is 5.54 Å². The van der Waals surface area contributed by atoms with Crippen LogP contribution in [0.15, 0.2) is 48.8 Å². The molecule has 1 unspecified atom stereocenters. The van der Waals surface area contributed by atoms with Crippen LogP contribution in [0.5, 0.6) is 0 Å². The van der Waals surface area contributed by atoms with Crippen LogP contribution in [0, 0.1) is 28.1 Å². The van der Waals surface area contributed by atoms with Crippen LogP contribution in [0.4, 0.5) is 24.5 Å². The number of nitrogens with one attached hydrogen (secondary N) is 2. The zero-order valence-corrected chi connectivity index (χ0v) is 24.2. The summed E-state index contributed by atoms with van der Waals surface area (Å²) in [5, 5.41) is 35.6. The SMILES string of the molecule is BC(Nc1cc(C#N)c2ncc(C#N)c(NCC(C)(C)C)c2c1)(c1cn(C2(C(F)(F)F)CC2)nn1)c1ccccc1Cl. The molecule has 0 spiro atoms. The molecule has 5 rings (SSSR count). The molecule has 0 saturated heterocycles. The number of benzene rings is 2. The lowest BCUT2D eigenvalue weighted by molar-refractivity contribution is -0.182. The maximum absolute atomic E-state index is 13.9. The van der Waals surface area contributed by atoms with Gasteiger partial charge in [-0.25, -0.2) is 4.68 Å². The average molecular weight is 591 g/mol. The second-order valence-corrected chi connectivity index (χ2v) is 12.3. The van der Waals surface area contributed by atoms with Gasteiger partial charge in [-0.2, -0.15) is 23.7 Å². The first-order valence-corrected chi connectivity index (χ1v) is 13.6. The van der Waals surface area contributed by atoms with Crippen LogP contribution in [0.1, 0.15) is 56.0 Å². The lowest BCUT2D eigenvalue weighted by Crippen LogP contribution is -2.38. The molecule has 2 aromatic heterocycles. The first-order chi connectivity index (χ1) is 19.7. The van der Waals surface area contributed by atoms with Crippen molar-refractivity contribution in [3.63, 3.8) is 0 Å². The molecular weight excluding hydrogens is 564 g/mol. The van der Waals surface area contributed by atoms with E-state index >= 15 is 0 Å². The number of rotatable bonds is 7.